The number of aliphatic imine (C=N–C) groups is 1. The van der Waals surface area contributed by atoms with Crippen molar-refractivity contribution in [2.75, 3.05) is 0 Å². The molecule has 0 aliphatic heterocycles. The Morgan fingerprint density at radius 2 is 1.70 bits per heavy atom. The molecule has 140 valence electrons. The number of aromatic nitrogens is 1. The van der Waals surface area contributed by atoms with Crippen LogP contribution in [0.3, 0.4) is 0 Å². The first kappa shape index (κ1) is 18.9. The molecule has 0 aliphatic carbocycles. The second-order valence-corrected chi connectivity index (χ2v) is 7.77. The van der Waals surface area contributed by atoms with Crippen LogP contribution in [0.25, 0.3) is 10.9 Å². The summed E-state index contributed by atoms with van der Waals surface area (Å²) in [6, 6.07) is 20.9. The summed E-state index contributed by atoms with van der Waals surface area (Å²) in [5.74, 6) is 0. The molecule has 0 bridgehead atoms. The molecule has 4 heteroatoms. The third kappa shape index (κ3) is 5.07. The van der Waals surface area contributed by atoms with Crippen LogP contribution in [0.1, 0.15) is 39.0 Å². The van der Waals surface area contributed by atoms with Crippen LogP contribution < -0.4 is 0 Å². The first-order valence-electron chi connectivity index (χ1n) is 9.20. The SMILES string of the molecule is CC(Cc1cc2ccccc2n1Cc1ccccc1)=NC(=O)OC(C)(C)C. The Morgan fingerprint density at radius 1 is 1.04 bits per heavy atom. The Morgan fingerprint density at radius 3 is 2.41 bits per heavy atom. The summed E-state index contributed by atoms with van der Waals surface area (Å²) < 4.78 is 7.59. The summed E-state index contributed by atoms with van der Waals surface area (Å²) in [5.41, 5.74) is 3.75. The molecule has 1 heterocycles. The number of para-hydroxylation sites is 1. The number of amides is 1. The fourth-order valence-electron chi connectivity index (χ4n) is 3.11. The fourth-order valence-corrected chi connectivity index (χ4v) is 3.11. The number of fused-ring (bicyclic) bond motifs is 1. The summed E-state index contributed by atoms with van der Waals surface area (Å²) in [6.07, 6.45) is 0.0616. The quantitative estimate of drug-likeness (QED) is 0.565. The molecule has 1 aromatic heterocycles. The molecule has 0 saturated carbocycles. The van der Waals surface area contributed by atoms with Crippen LogP contribution in [0.4, 0.5) is 4.79 Å². The van der Waals surface area contributed by atoms with Gasteiger partial charge in [0.2, 0.25) is 0 Å². The van der Waals surface area contributed by atoms with Gasteiger partial charge in [-0.15, -0.1) is 0 Å². The van der Waals surface area contributed by atoms with E-state index >= 15 is 0 Å². The Bertz CT molecular complexity index is 963. The zero-order chi connectivity index (χ0) is 19.4. The third-order valence-electron chi connectivity index (χ3n) is 4.19. The van der Waals surface area contributed by atoms with E-state index in [2.05, 4.69) is 58.1 Å². The monoisotopic (exact) mass is 362 g/mol. The molecular formula is C23H26N2O2. The van der Waals surface area contributed by atoms with E-state index in [-0.39, 0.29) is 0 Å². The first-order valence-corrected chi connectivity index (χ1v) is 9.20. The molecule has 0 atom stereocenters. The van der Waals surface area contributed by atoms with Crippen molar-refractivity contribution in [2.24, 2.45) is 4.99 Å². The number of rotatable bonds is 4. The number of hydrogen-bond acceptors (Lipinski definition) is 2. The minimum atomic E-state index is -0.539. The highest BCUT2D eigenvalue weighted by atomic mass is 16.6. The average Bonchev–Trinajstić information content (AvgIpc) is 2.91. The molecule has 0 aliphatic rings. The van der Waals surface area contributed by atoms with Crippen LogP contribution in [0.2, 0.25) is 0 Å². The number of nitrogens with zero attached hydrogens (tertiary/aromatic N) is 2. The number of benzene rings is 2. The van der Waals surface area contributed by atoms with Gasteiger partial charge in [-0.25, -0.2) is 4.79 Å². The standard InChI is InChI=1S/C23H26N2O2/c1-17(24-22(26)27-23(2,3)4)14-20-15-19-12-8-9-13-21(19)25(20)16-18-10-6-5-7-11-18/h5-13,15H,14,16H2,1-4H3. The largest absolute Gasteiger partial charge is 0.442 e. The number of ether oxygens (including phenoxy) is 1. The van der Waals surface area contributed by atoms with Crippen molar-refractivity contribution in [2.45, 2.75) is 46.3 Å². The van der Waals surface area contributed by atoms with E-state index in [0.29, 0.717) is 6.42 Å². The second-order valence-electron chi connectivity index (χ2n) is 7.77. The summed E-state index contributed by atoms with van der Waals surface area (Å²) in [7, 11) is 0. The Labute approximate surface area is 160 Å². The van der Waals surface area contributed by atoms with Crippen LogP contribution >= 0.6 is 0 Å². The zero-order valence-electron chi connectivity index (χ0n) is 16.4. The van der Waals surface area contributed by atoms with Crippen LogP contribution in [0.5, 0.6) is 0 Å². The van der Waals surface area contributed by atoms with Crippen molar-refractivity contribution in [1.82, 2.24) is 4.57 Å². The molecule has 0 saturated heterocycles. The number of carbonyl (C=O) groups is 1. The van der Waals surface area contributed by atoms with Crippen molar-refractivity contribution >= 4 is 22.7 Å². The van der Waals surface area contributed by atoms with Gasteiger partial charge in [-0.3, -0.25) is 0 Å². The van der Waals surface area contributed by atoms with Gasteiger partial charge in [0.05, 0.1) is 0 Å². The minimum Gasteiger partial charge on any atom is -0.442 e. The van der Waals surface area contributed by atoms with E-state index in [9.17, 15) is 4.79 Å². The highest BCUT2D eigenvalue weighted by molar-refractivity contribution is 5.94. The molecule has 0 spiro atoms. The summed E-state index contributed by atoms with van der Waals surface area (Å²) in [6.45, 7) is 8.17. The lowest BCUT2D eigenvalue weighted by Crippen LogP contribution is -2.22. The Hall–Kier alpha value is -2.88. The second kappa shape index (κ2) is 7.78. The van der Waals surface area contributed by atoms with Crippen LogP contribution in [-0.2, 0) is 17.7 Å². The van der Waals surface area contributed by atoms with Gasteiger partial charge in [0.25, 0.3) is 0 Å². The highest BCUT2D eigenvalue weighted by Gasteiger charge is 2.16. The topological polar surface area (TPSA) is 43.6 Å². The smallest absolute Gasteiger partial charge is 0.434 e. The van der Waals surface area contributed by atoms with E-state index in [1.165, 1.54) is 16.5 Å². The Kier molecular flexibility index (Phi) is 5.45. The first-order chi connectivity index (χ1) is 12.8. The Balaban J connectivity index is 1.89. The van der Waals surface area contributed by atoms with Gasteiger partial charge < -0.3 is 9.30 Å². The lowest BCUT2D eigenvalue weighted by atomic mass is 10.2. The van der Waals surface area contributed by atoms with E-state index < -0.39 is 11.7 Å². The van der Waals surface area contributed by atoms with Crippen molar-refractivity contribution in [3.05, 3.63) is 71.9 Å². The predicted molar refractivity (Wildman–Crippen MR) is 111 cm³/mol. The van der Waals surface area contributed by atoms with Gasteiger partial charge in [-0.2, -0.15) is 4.99 Å². The molecule has 3 aromatic rings. The van der Waals surface area contributed by atoms with Gasteiger partial charge in [0.15, 0.2) is 0 Å². The molecular weight excluding hydrogens is 336 g/mol. The molecule has 0 fully saturated rings. The molecule has 0 radical (unpaired) electrons. The number of hydrogen-bond donors (Lipinski definition) is 0. The van der Waals surface area contributed by atoms with Crippen LogP contribution in [0.15, 0.2) is 65.7 Å². The van der Waals surface area contributed by atoms with Crippen LogP contribution in [0, 0.1) is 0 Å². The summed E-state index contributed by atoms with van der Waals surface area (Å²) >= 11 is 0. The van der Waals surface area contributed by atoms with Gasteiger partial charge >= 0.3 is 6.09 Å². The third-order valence-corrected chi connectivity index (χ3v) is 4.19. The molecule has 2 aromatic carbocycles. The van der Waals surface area contributed by atoms with E-state index in [4.69, 9.17) is 4.74 Å². The summed E-state index contributed by atoms with van der Waals surface area (Å²) in [4.78, 5) is 16.1. The van der Waals surface area contributed by atoms with Gasteiger partial charge in [0, 0.05) is 29.9 Å². The molecule has 0 N–H and O–H groups in total. The minimum absolute atomic E-state index is 0.536. The molecule has 4 nitrogen and oxygen atoms in total. The molecule has 0 unspecified atom stereocenters. The van der Waals surface area contributed by atoms with E-state index in [1.807, 2.05) is 39.8 Å². The molecule has 27 heavy (non-hydrogen) atoms. The van der Waals surface area contributed by atoms with Crippen molar-refractivity contribution in [1.29, 1.82) is 0 Å². The maximum atomic E-state index is 12.0. The average molecular weight is 362 g/mol. The molecule has 3 rings (SSSR count). The van der Waals surface area contributed by atoms with Crippen LogP contribution in [-0.4, -0.2) is 22.0 Å². The maximum absolute atomic E-state index is 12.0. The van der Waals surface area contributed by atoms with Gasteiger partial charge in [-0.05, 0) is 50.8 Å². The predicted octanol–water partition coefficient (Wildman–Crippen LogP) is 5.63. The highest BCUT2D eigenvalue weighted by Crippen LogP contribution is 2.22. The van der Waals surface area contributed by atoms with E-state index in [1.54, 1.807) is 0 Å². The molecule has 1 amide bonds. The fraction of sp³-hybridized carbons (Fsp3) is 0.304. The lowest BCUT2D eigenvalue weighted by molar-refractivity contribution is 0.0604. The van der Waals surface area contributed by atoms with Crippen molar-refractivity contribution < 1.29 is 9.53 Å². The number of carbonyl (C=O) groups excluding carboxylic acids is 1. The summed E-state index contributed by atoms with van der Waals surface area (Å²) in [5, 5.41) is 1.19. The van der Waals surface area contributed by atoms with Gasteiger partial charge in [-0.1, -0.05) is 48.5 Å². The van der Waals surface area contributed by atoms with Crippen molar-refractivity contribution in [3.63, 3.8) is 0 Å². The van der Waals surface area contributed by atoms with Gasteiger partial charge in [0.1, 0.15) is 5.60 Å². The normalized spacial score (nSPS) is 12.4. The van der Waals surface area contributed by atoms with Crippen molar-refractivity contribution in [3.8, 4) is 0 Å². The maximum Gasteiger partial charge on any atom is 0.434 e. The van der Waals surface area contributed by atoms with E-state index in [0.717, 1.165) is 18.0 Å². The lowest BCUT2D eigenvalue weighted by Gasteiger charge is -2.17. The zero-order valence-corrected chi connectivity index (χ0v) is 16.4.